The van der Waals surface area contributed by atoms with Gasteiger partial charge < -0.3 is 10.6 Å². The van der Waals surface area contributed by atoms with Gasteiger partial charge in [-0.15, -0.1) is 0 Å². The average molecular weight is 341 g/mol. The first kappa shape index (κ1) is 17.4. The Morgan fingerprint density at radius 2 is 1.84 bits per heavy atom. The van der Waals surface area contributed by atoms with Crippen LogP contribution < -0.4 is 10.6 Å². The molecule has 5 heteroatoms. The van der Waals surface area contributed by atoms with E-state index in [0.29, 0.717) is 17.3 Å². The Bertz CT molecular complexity index is 694. The van der Waals surface area contributed by atoms with Crippen molar-refractivity contribution >= 4 is 17.4 Å². The molecule has 3 rings (SSSR count). The molecule has 132 valence electrons. The number of hydrogen-bond donors (Lipinski definition) is 2. The maximum Gasteiger partial charge on any atom is 0.228 e. The first-order valence-electron chi connectivity index (χ1n) is 8.96. The molecular formula is C20H24FN3O. The third-order valence-corrected chi connectivity index (χ3v) is 4.56. The van der Waals surface area contributed by atoms with Crippen LogP contribution in [0.4, 0.5) is 15.9 Å². The van der Waals surface area contributed by atoms with Crippen LogP contribution in [0.1, 0.15) is 44.1 Å². The third kappa shape index (κ3) is 5.28. The minimum atomic E-state index is -0.362. The Kier molecular flexibility index (Phi) is 5.99. The standard InChI is InChI=1S/C20H24FN3O/c21-18-10-6-5-7-15(18)13-20(25)24-17-11-12-19(22-14-17)23-16-8-3-1-2-4-9-16/h5-7,10-12,14,16H,1-4,8-9,13H2,(H,22,23)(H,24,25). The number of pyridine rings is 1. The molecule has 0 aliphatic heterocycles. The van der Waals surface area contributed by atoms with Crippen LogP contribution in [0.3, 0.4) is 0 Å². The lowest BCUT2D eigenvalue weighted by molar-refractivity contribution is -0.115. The summed E-state index contributed by atoms with van der Waals surface area (Å²) in [6.45, 7) is 0. The van der Waals surface area contributed by atoms with Crippen LogP contribution in [0, 0.1) is 5.82 Å². The maximum atomic E-state index is 13.6. The van der Waals surface area contributed by atoms with Gasteiger partial charge in [-0.05, 0) is 36.6 Å². The minimum absolute atomic E-state index is 0.00868. The Balaban J connectivity index is 1.53. The predicted molar refractivity (Wildman–Crippen MR) is 98.1 cm³/mol. The van der Waals surface area contributed by atoms with Gasteiger partial charge in [0.2, 0.25) is 5.91 Å². The van der Waals surface area contributed by atoms with Gasteiger partial charge in [0, 0.05) is 6.04 Å². The van der Waals surface area contributed by atoms with Crippen LogP contribution in [-0.4, -0.2) is 16.9 Å². The van der Waals surface area contributed by atoms with Crippen molar-refractivity contribution in [2.45, 2.75) is 51.0 Å². The van der Waals surface area contributed by atoms with E-state index in [1.165, 1.54) is 44.6 Å². The Hall–Kier alpha value is -2.43. The number of benzene rings is 1. The SMILES string of the molecule is O=C(Cc1ccccc1F)Nc1ccc(NC2CCCCCC2)nc1. The van der Waals surface area contributed by atoms with Crippen molar-refractivity contribution in [3.8, 4) is 0 Å². The summed E-state index contributed by atoms with van der Waals surface area (Å²) >= 11 is 0. The third-order valence-electron chi connectivity index (χ3n) is 4.56. The summed E-state index contributed by atoms with van der Waals surface area (Å²) in [5.74, 6) is 0.217. The first-order valence-corrected chi connectivity index (χ1v) is 8.96. The first-order chi connectivity index (χ1) is 12.2. The van der Waals surface area contributed by atoms with Crippen LogP contribution in [0.15, 0.2) is 42.6 Å². The summed E-state index contributed by atoms with van der Waals surface area (Å²) < 4.78 is 13.6. The molecule has 1 fully saturated rings. The summed E-state index contributed by atoms with van der Waals surface area (Å²) in [4.78, 5) is 16.4. The highest BCUT2D eigenvalue weighted by atomic mass is 19.1. The highest BCUT2D eigenvalue weighted by Gasteiger charge is 2.12. The van der Waals surface area contributed by atoms with Gasteiger partial charge in [0.05, 0.1) is 18.3 Å². The summed E-state index contributed by atoms with van der Waals surface area (Å²) in [5.41, 5.74) is 1.01. The number of carbonyl (C=O) groups is 1. The number of anilines is 2. The number of carbonyl (C=O) groups excluding carboxylic acids is 1. The van der Waals surface area contributed by atoms with Gasteiger partial charge in [0.1, 0.15) is 11.6 Å². The van der Waals surface area contributed by atoms with Crippen LogP contribution in [0.25, 0.3) is 0 Å². The van der Waals surface area contributed by atoms with Crippen molar-refractivity contribution in [3.63, 3.8) is 0 Å². The van der Waals surface area contributed by atoms with E-state index in [4.69, 9.17) is 0 Å². The highest BCUT2D eigenvalue weighted by molar-refractivity contribution is 5.92. The van der Waals surface area contributed by atoms with Gasteiger partial charge in [0.25, 0.3) is 0 Å². The molecule has 1 aliphatic carbocycles. The van der Waals surface area contributed by atoms with E-state index in [1.807, 2.05) is 12.1 Å². The zero-order valence-corrected chi connectivity index (χ0v) is 14.3. The van der Waals surface area contributed by atoms with E-state index in [9.17, 15) is 9.18 Å². The van der Waals surface area contributed by atoms with Gasteiger partial charge in [-0.1, -0.05) is 43.9 Å². The largest absolute Gasteiger partial charge is 0.367 e. The van der Waals surface area contributed by atoms with Crippen LogP contribution in [0.2, 0.25) is 0 Å². The molecule has 2 N–H and O–H groups in total. The van der Waals surface area contributed by atoms with E-state index in [1.54, 1.807) is 24.4 Å². The van der Waals surface area contributed by atoms with E-state index in [2.05, 4.69) is 15.6 Å². The number of aromatic nitrogens is 1. The molecule has 2 aromatic rings. The topological polar surface area (TPSA) is 54.0 Å². The van der Waals surface area contributed by atoms with Crippen LogP contribution in [-0.2, 0) is 11.2 Å². The lowest BCUT2D eigenvalue weighted by Gasteiger charge is -2.17. The molecule has 1 saturated carbocycles. The zero-order valence-electron chi connectivity index (χ0n) is 14.3. The number of amides is 1. The van der Waals surface area contributed by atoms with Gasteiger partial charge >= 0.3 is 0 Å². The van der Waals surface area contributed by atoms with Crippen LogP contribution >= 0.6 is 0 Å². The summed E-state index contributed by atoms with van der Waals surface area (Å²) in [7, 11) is 0. The van der Waals surface area contributed by atoms with Crippen molar-refractivity contribution in [2.24, 2.45) is 0 Å². The number of halogens is 1. The van der Waals surface area contributed by atoms with Gasteiger partial charge in [-0.25, -0.2) is 9.37 Å². The molecule has 1 aliphatic rings. The zero-order chi connectivity index (χ0) is 17.5. The quantitative estimate of drug-likeness (QED) is 0.785. The molecular weight excluding hydrogens is 317 g/mol. The van der Waals surface area contributed by atoms with Gasteiger partial charge in [-0.3, -0.25) is 4.79 Å². The number of nitrogens with one attached hydrogen (secondary N) is 2. The second-order valence-corrected chi connectivity index (χ2v) is 6.58. The highest BCUT2D eigenvalue weighted by Crippen LogP contribution is 2.21. The molecule has 0 unspecified atom stereocenters. The molecule has 25 heavy (non-hydrogen) atoms. The van der Waals surface area contributed by atoms with Crippen molar-refractivity contribution in [1.29, 1.82) is 0 Å². The predicted octanol–water partition coefficient (Wildman–Crippen LogP) is 4.54. The Labute approximate surface area is 147 Å². The van der Waals surface area contributed by atoms with Gasteiger partial charge in [-0.2, -0.15) is 0 Å². The minimum Gasteiger partial charge on any atom is -0.367 e. The molecule has 0 bridgehead atoms. The lowest BCUT2D eigenvalue weighted by Crippen LogP contribution is -2.19. The Morgan fingerprint density at radius 1 is 1.08 bits per heavy atom. The molecule has 1 aromatic carbocycles. The van der Waals surface area contributed by atoms with Crippen molar-refractivity contribution in [1.82, 2.24) is 4.98 Å². The summed E-state index contributed by atoms with van der Waals surface area (Å²) in [5, 5.41) is 6.24. The number of hydrogen-bond acceptors (Lipinski definition) is 3. The number of rotatable bonds is 5. The number of nitrogens with zero attached hydrogens (tertiary/aromatic N) is 1. The van der Waals surface area contributed by atoms with E-state index in [0.717, 1.165) is 5.82 Å². The molecule has 0 radical (unpaired) electrons. The van der Waals surface area contributed by atoms with E-state index >= 15 is 0 Å². The molecule has 0 atom stereocenters. The van der Waals surface area contributed by atoms with Crippen molar-refractivity contribution in [3.05, 3.63) is 54.0 Å². The van der Waals surface area contributed by atoms with Crippen molar-refractivity contribution < 1.29 is 9.18 Å². The maximum absolute atomic E-state index is 13.6. The summed E-state index contributed by atoms with van der Waals surface area (Å²) in [6, 6.07) is 10.5. The molecule has 1 heterocycles. The fourth-order valence-corrected chi connectivity index (χ4v) is 3.21. The van der Waals surface area contributed by atoms with Crippen molar-refractivity contribution in [2.75, 3.05) is 10.6 Å². The second kappa shape index (κ2) is 8.60. The normalized spacial score (nSPS) is 15.4. The van der Waals surface area contributed by atoms with E-state index < -0.39 is 0 Å². The second-order valence-electron chi connectivity index (χ2n) is 6.58. The molecule has 4 nitrogen and oxygen atoms in total. The Morgan fingerprint density at radius 3 is 2.52 bits per heavy atom. The summed E-state index contributed by atoms with van der Waals surface area (Å²) in [6.07, 6.45) is 9.18. The van der Waals surface area contributed by atoms with Crippen LogP contribution in [0.5, 0.6) is 0 Å². The molecule has 0 saturated heterocycles. The monoisotopic (exact) mass is 341 g/mol. The van der Waals surface area contributed by atoms with E-state index in [-0.39, 0.29) is 18.1 Å². The fourth-order valence-electron chi connectivity index (χ4n) is 3.21. The molecule has 1 amide bonds. The average Bonchev–Trinajstić information content (AvgIpc) is 2.87. The molecule has 1 aromatic heterocycles. The fraction of sp³-hybridized carbons (Fsp3) is 0.400. The smallest absolute Gasteiger partial charge is 0.228 e. The molecule has 0 spiro atoms. The van der Waals surface area contributed by atoms with Gasteiger partial charge in [0.15, 0.2) is 0 Å². The lowest BCUT2D eigenvalue weighted by atomic mass is 10.1.